The smallest absolute Gasteiger partial charge is 0.0211 e. The van der Waals surface area contributed by atoms with Crippen LogP contribution in [0, 0.1) is 0 Å². The van der Waals surface area contributed by atoms with E-state index in [0.717, 1.165) is 19.5 Å². The standard InChI is InChI=1S/C21H21N/c1-2-9-18(10-3-1)11-6-7-16-22-17-20-14-8-13-19-12-4-5-15-21(19)20/h1-6,8-15,22H,7,16-17H2/b11-6+. The molecular weight excluding hydrogens is 266 g/mol. The molecule has 0 bridgehead atoms. The van der Waals surface area contributed by atoms with Crippen molar-refractivity contribution in [2.75, 3.05) is 6.54 Å². The van der Waals surface area contributed by atoms with E-state index < -0.39 is 0 Å². The molecule has 3 aromatic carbocycles. The summed E-state index contributed by atoms with van der Waals surface area (Å²) < 4.78 is 0. The normalized spacial score (nSPS) is 11.3. The third-order valence-corrected chi connectivity index (χ3v) is 3.79. The number of nitrogens with one attached hydrogen (secondary N) is 1. The average molecular weight is 287 g/mol. The molecule has 3 rings (SSSR count). The number of benzene rings is 3. The van der Waals surface area contributed by atoms with E-state index in [1.807, 2.05) is 6.07 Å². The number of rotatable bonds is 6. The maximum Gasteiger partial charge on any atom is 0.0211 e. The van der Waals surface area contributed by atoms with Crippen LogP contribution in [0.2, 0.25) is 0 Å². The summed E-state index contributed by atoms with van der Waals surface area (Å²) in [5.41, 5.74) is 2.63. The van der Waals surface area contributed by atoms with Crippen LogP contribution in [0.4, 0.5) is 0 Å². The maximum atomic E-state index is 3.53. The van der Waals surface area contributed by atoms with Crippen LogP contribution >= 0.6 is 0 Å². The molecule has 1 nitrogen and oxygen atoms in total. The van der Waals surface area contributed by atoms with Gasteiger partial charge in [-0.15, -0.1) is 0 Å². The van der Waals surface area contributed by atoms with Gasteiger partial charge in [0.15, 0.2) is 0 Å². The fourth-order valence-corrected chi connectivity index (χ4v) is 2.64. The summed E-state index contributed by atoms with van der Waals surface area (Å²) in [6.45, 7) is 1.91. The molecule has 22 heavy (non-hydrogen) atoms. The molecule has 0 saturated carbocycles. The van der Waals surface area contributed by atoms with E-state index >= 15 is 0 Å². The number of hydrogen-bond donors (Lipinski definition) is 1. The molecule has 0 aliphatic rings. The first-order chi connectivity index (χ1) is 10.9. The van der Waals surface area contributed by atoms with Gasteiger partial charge >= 0.3 is 0 Å². The summed E-state index contributed by atoms with van der Waals surface area (Å²) in [5, 5.41) is 6.18. The quantitative estimate of drug-likeness (QED) is 0.627. The van der Waals surface area contributed by atoms with Crippen molar-refractivity contribution in [1.82, 2.24) is 5.32 Å². The second-order valence-corrected chi connectivity index (χ2v) is 5.42. The molecule has 0 radical (unpaired) electrons. The van der Waals surface area contributed by atoms with Crippen molar-refractivity contribution >= 4 is 16.8 Å². The van der Waals surface area contributed by atoms with Crippen LogP contribution in [0.1, 0.15) is 17.5 Å². The molecule has 0 spiro atoms. The van der Waals surface area contributed by atoms with Crippen molar-refractivity contribution in [3.63, 3.8) is 0 Å². The Morgan fingerprint density at radius 2 is 1.55 bits per heavy atom. The molecule has 0 fully saturated rings. The van der Waals surface area contributed by atoms with Crippen molar-refractivity contribution in [2.24, 2.45) is 0 Å². The molecule has 1 heteroatoms. The fourth-order valence-electron chi connectivity index (χ4n) is 2.64. The van der Waals surface area contributed by atoms with Gasteiger partial charge in [0.2, 0.25) is 0 Å². The first-order valence-electron chi connectivity index (χ1n) is 7.82. The van der Waals surface area contributed by atoms with Crippen LogP contribution in [0.5, 0.6) is 0 Å². The van der Waals surface area contributed by atoms with Crippen LogP contribution in [0.25, 0.3) is 16.8 Å². The first-order valence-corrected chi connectivity index (χ1v) is 7.82. The number of hydrogen-bond acceptors (Lipinski definition) is 1. The molecule has 0 aliphatic carbocycles. The van der Waals surface area contributed by atoms with Gasteiger partial charge in [0.25, 0.3) is 0 Å². The van der Waals surface area contributed by atoms with E-state index in [-0.39, 0.29) is 0 Å². The van der Waals surface area contributed by atoms with Crippen LogP contribution < -0.4 is 5.32 Å². The van der Waals surface area contributed by atoms with E-state index in [4.69, 9.17) is 0 Å². The molecule has 0 saturated heterocycles. The molecule has 0 unspecified atom stereocenters. The van der Waals surface area contributed by atoms with Gasteiger partial charge in [-0.25, -0.2) is 0 Å². The van der Waals surface area contributed by atoms with E-state index in [0.29, 0.717) is 0 Å². The summed E-state index contributed by atoms with van der Waals surface area (Å²) in [6.07, 6.45) is 5.45. The van der Waals surface area contributed by atoms with Gasteiger partial charge in [-0.1, -0.05) is 84.9 Å². The van der Waals surface area contributed by atoms with E-state index in [1.165, 1.54) is 21.9 Å². The highest BCUT2D eigenvalue weighted by atomic mass is 14.8. The van der Waals surface area contributed by atoms with Gasteiger partial charge in [0, 0.05) is 6.54 Å². The highest BCUT2D eigenvalue weighted by molar-refractivity contribution is 5.85. The predicted octanol–water partition coefficient (Wildman–Crippen LogP) is 5.03. The highest BCUT2D eigenvalue weighted by Crippen LogP contribution is 2.18. The molecule has 0 aromatic heterocycles. The fraction of sp³-hybridized carbons (Fsp3) is 0.143. The Balaban J connectivity index is 1.50. The largest absolute Gasteiger partial charge is 0.312 e. The minimum Gasteiger partial charge on any atom is -0.312 e. The molecule has 0 amide bonds. The lowest BCUT2D eigenvalue weighted by Crippen LogP contribution is -2.14. The van der Waals surface area contributed by atoms with Crippen LogP contribution in [0.3, 0.4) is 0 Å². The Bertz CT molecular complexity index is 739. The van der Waals surface area contributed by atoms with Gasteiger partial charge in [-0.05, 0) is 34.9 Å². The molecule has 3 aromatic rings. The lowest BCUT2D eigenvalue weighted by molar-refractivity contribution is 0.699. The Hall–Kier alpha value is -2.38. The predicted molar refractivity (Wildman–Crippen MR) is 95.7 cm³/mol. The van der Waals surface area contributed by atoms with E-state index in [9.17, 15) is 0 Å². The molecule has 0 heterocycles. The second kappa shape index (κ2) is 7.58. The molecule has 110 valence electrons. The minimum atomic E-state index is 0.917. The molecule has 0 aliphatic heterocycles. The Kier molecular flexibility index (Phi) is 5.01. The Morgan fingerprint density at radius 1 is 0.773 bits per heavy atom. The summed E-state index contributed by atoms with van der Waals surface area (Å²) in [4.78, 5) is 0. The first kappa shape index (κ1) is 14.6. The lowest BCUT2D eigenvalue weighted by Gasteiger charge is -2.07. The summed E-state index contributed by atoms with van der Waals surface area (Å²) in [5.74, 6) is 0. The molecule has 0 atom stereocenters. The zero-order chi connectivity index (χ0) is 15.0. The Morgan fingerprint density at radius 3 is 2.45 bits per heavy atom. The van der Waals surface area contributed by atoms with Gasteiger partial charge in [0.1, 0.15) is 0 Å². The van der Waals surface area contributed by atoms with Crippen LogP contribution in [-0.2, 0) is 6.54 Å². The van der Waals surface area contributed by atoms with Gasteiger partial charge in [-0.3, -0.25) is 0 Å². The van der Waals surface area contributed by atoms with Crippen molar-refractivity contribution < 1.29 is 0 Å². The second-order valence-electron chi connectivity index (χ2n) is 5.42. The average Bonchev–Trinajstić information content (AvgIpc) is 2.59. The molecular formula is C21H21N. The summed E-state index contributed by atoms with van der Waals surface area (Å²) in [7, 11) is 0. The minimum absolute atomic E-state index is 0.917. The van der Waals surface area contributed by atoms with Gasteiger partial charge in [-0.2, -0.15) is 0 Å². The summed E-state index contributed by atoms with van der Waals surface area (Å²) >= 11 is 0. The van der Waals surface area contributed by atoms with Crippen molar-refractivity contribution in [3.8, 4) is 0 Å². The van der Waals surface area contributed by atoms with Gasteiger partial charge < -0.3 is 5.32 Å². The zero-order valence-corrected chi connectivity index (χ0v) is 12.7. The highest BCUT2D eigenvalue weighted by Gasteiger charge is 1.98. The molecule has 1 N–H and O–H groups in total. The third kappa shape index (κ3) is 3.84. The third-order valence-electron chi connectivity index (χ3n) is 3.79. The zero-order valence-electron chi connectivity index (χ0n) is 12.7. The monoisotopic (exact) mass is 287 g/mol. The van der Waals surface area contributed by atoms with Crippen LogP contribution in [0.15, 0.2) is 78.9 Å². The SMILES string of the molecule is C(=C\c1ccccc1)/CCNCc1cccc2ccccc12. The topological polar surface area (TPSA) is 12.0 Å². The van der Waals surface area contributed by atoms with Crippen molar-refractivity contribution in [2.45, 2.75) is 13.0 Å². The van der Waals surface area contributed by atoms with Crippen molar-refractivity contribution in [3.05, 3.63) is 90.0 Å². The van der Waals surface area contributed by atoms with E-state index in [2.05, 4.69) is 84.2 Å². The lowest BCUT2D eigenvalue weighted by atomic mass is 10.0. The number of fused-ring (bicyclic) bond motifs is 1. The van der Waals surface area contributed by atoms with E-state index in [1.54, 1.807) is 0 Å². The Labute approximate surface area is 132 Å². The summed E-state index contributed by atoms with van der Waals surface area (Å²) in [6, 6.07) is 25.5. The van der Waals surface area contributed by atoms with Crippen LogP contribution in [-0.4, -0.2) is 6.54 Å². The van der Waals surface area contributed by atoms with Crippen molar-refractivity contribution in [1.29, 1.82) is 0 Å². The maximum absolute atomic E-state index is 3.53. The van der Waals surface area contributed by atoms with Gasteiger partial charge in [0.05, 0.1) is 0 Å².